The minimum atomic E-state index is -0.444. The van der Waals surface area contributed by atoms with Crippen LogP contribution in [0.3, 0.4) is 0 Å². The third-order valence-corrected chi connectivity index (χ3v) is 4.07. The van der Waals surface area contributed by atoms with Crippen LogP contribution in [0.25, 0.3) is 0 Å². The minimum Gasteiger partial charge on any atom is -0.462 e. The highest BCUT2D eigenvalue weighted by Crippen LogP contribution is 2.11. The Morgan fingerprint density at radius 2 is 1.60 bits per heavy atom. The highest BCUT2D eigenvalue weighted by molar-refractivity contribution is 5.95. The summed E-state index contributed by atoms with van der Waals surface area (Å²) in [6.45, 7) is 2.34. The van der Waals surface area contributed by atoms with Gasteiger partial charge in [0, 0.05) is 11.4 Å². The first-order valence-corrected chi connectivity index (χ1v) is 9.68. The number of nitrogens with zero attached hydrogens (tertiary/aromatic N) is 1. The van der Waals surface area contributed by atoms with Crippen LogP contribution in [0.5, 0.6) is 0 Å². The summed E-state index contributed by atoms with van der Waals surface area (Å²) in [7, 11) is 1.63. The van der Waals surface area contributed by atoms with E-state index in [0.717, 1.165) is 12.8 Å². The number of ether oxygens (including phenoxy) is 1. The topological polar surface area (TPSA) is 87.7 Å². The van der Waals surface area contributed by atoms with Gasteiger partial charge >= 0.3 is 5.97 Å². The summed E-state index contributed by atoms with van der Waals surface area (Å²) >= 11 is 0. The van der Waals surface area contributed by atoms with Crippen LogP contribution in [0.1, 0.15) is 30.1 Å². The van der Waals surface area contributed by atoms with Gasteiger partial charge in [-0.05, 0) is 55.9 Å². The molecule has 0 spiro atoms. The fourth-order valence-corrected chi connectivity index (χ4v) is 2.60. The van der Waals surface area contributed by atoms with Crippen LogP contribution in [-0.2, 0) is 14.3 Å². The molecule has 7 nitrogen and oxygen atoms in total. The van der Waals surface area contributed by atoms with Crippen molar-refractivity contribution in [1.82, 2.24) is 4.90 Å². The molecule has 0 aliphatic carbocycles. The fourth-order valence-electron chi connectivity index (χ4n) is 2.60. The average molecular weight is 415 g/mol. The predicted octanol–water partition coefficient (Wildman–Crippen LogP) is 3.29. The maximum Gasteiger partial charge on any atom is 0.338 e. The van der Waals surface area contributed by atoms with Crippen molar-refractivity contribution in [2.45, 2.75) is 19.8 Å². The number of benzene rings is 2. The molecule has 8 heteroatoms. The second-order valence-electron chi connectivity index (χ2n) is 6.85. The summed E-state index contributed by atoms with van der Waals surface area (Å²) in [6, 6.07) is 12.0. The van der Waals surface area contributed by atoms with Crippen LogP contribution < -0.4 is 10.6 Å². The molecule has 0 unspecified atom stereocenters. The number of anilines is 2. The first-order valence-electron chi connectivity index (χ1n) is 9.68. The van der Waals surface area contributed by atoms with Crippen molar-refractivity contribution in [1.29, 1.82) is 0 Å². The molecule has 0 bridgehead atoms. The van der Waals surface area contributed by atoms with Gasteiger partial charge in [0.25, 0.3) is 0 Å². The van der Waals surface area contributed by atoms with Crippen LogP contribution in [0.15, 0.2) is 48.5 Å². The second-order valence-corrected chi connectivity index (χ2v) is 6.85. The van der Waals surface area contributed by atoms with E-state index in [2.05, 4.69) is 10.6 Å². The molecule has 0 aliphatic rings. The van der Waals surface area contributed by atoms with Crippen LogP contribution >= 0.6 is 0 Å². The lowest BCUT2D eigenvalue weighted by Crippen LogP contribution is -2.36. The number of nitrogens with one attached hydrogen (secondary N) is 2. The Balaban J connectivity index is 1.77. The Morgan fingerprint density at radius 3 is 2.20 bits per heavy atom. The molecule has 0 saturated heterocycles. The van der Waals surface area contributed by atoms with Crippen molar-refractivity contribution in [2.75, 3.05) is 37.4 Å². The van der Waals surface area contributed by atoms with Crippen LogP contribution in [0.2, 0.25) is 0 Å². The molecular formula is C22H26FN3O4. The van der Waals surface area contributed by atoms with Gasteiger partial charge in [0.05, 0.1) is 25.3 Å². The number of likely N-dealkylation sites (N-methyl/N-ethyl adjacent to an activating group) is 1. The SMILES string of the molecule is CCCCOC(=O)c1ccc(NC(=O)CN(C)CC(=O)Nc2cccc(F)c2)cc1. The Labute approximate surface area is 175 Å². The van der Waals surface area contributed by atoms with Crippen molar-refractivity contribution < 1.29 is 23.5 Å². The number of esters is 1. The van der Waals surface area contributed by atoms with E-state index in [1.165, 1.54) is 23.1 Å². The van der Waals surface area contributed by atoms with E-state index in [1.807, 2.05) is 6.92 Å². The molecule has 2 N–H and O–H groups in total. The normalized spacial score (nSPS) is 10.5. The molecule has 2 aromatic rings. The number of halogens is 1. The molecular weight excluding hydrogens is 389 g/mol. The van der Waals surface area contributed by atoms with E-state index < -0.39 is 11.8 Å². The van der Waals surface area contributed by atoms with Gasteiger partial charge in [-0.15, -0.1) is 0 Å². The summed E-state index contributed by atoms with van der Waals surface area (Å²) in [4.78, 5) is 37.6. The Bertz CT molecular complexity index is 871. The van der Waals surface area contributed by atoms with Gasteiger partial charge in [-0.1, -0.05) is 19.4 Å². The number of unbranched alkanes of at least 4 members (excludes halogenated alkanes) is 1. The number of carbonyl (C=O) groups is 3. The summed E-state index contributed by atoms with van der Waals surface area (Å²) < 4.78 is 18.3. The predicted molar refractivity (Wildman–Crippen MR) is 113 cm³/mol. The Kier molecular flexibility index (Phi) is 8.96. The molecule has 0 radical (unpaired) electrons. The molecule has 0 aliphatic heterocycles. The maximum atomic E-state index is 13.2. The zero-order valence-corrected chi connectivity index (χ0v) is 17.1. The largest absolute Gasteiger partial charge is 0.462 e. The van der Waals surface area contributed by atoms with Crippen molar-refractivity contribution in [2.24, 2.45) is 0 Å². The third kappa shape index (κ3) is 8.00. The highest BCUT2D eigenvalue weighted by Gasteiger charge is 2.12. The molecule has 0 saturated carbocycles. The van der Waals surface area contributed by atoms with Gasteiger partial charge in [-0.2, -0.15) is 0 Å². The number of hydrogen-bond donors (Lipinski definition) is 2. The molecule has 0 aromatic heterocycles. The molecule has 2 rings (SSSR count). The van der Waals surface area contributed by atoms with Gasteiger partial charge in [0.15, 0.2) is 0 Å². The maximum absolute atomic E-state index is 13.2. The van der Waals surface area contributed by atoms with E-state index in [1.54, 1.807) is 37.4 Å². The van der Waals surface area contributed by atoms with E-state index in [0.29, 0.717) is 23.5 Å². The first kappa shape index (κ1) is 23.0. The zero-order chi connectivity index (χ0) is 21.9. The third-order valence-electron chi connectivity index (χ3n) is 4.07. The standard InChI is InChI=1S/C22H26FN3O4/c1-3-4-12-30-22(29)16-8-10-18(11-9-16)24-20(27)14-26(2)15-21(28)25-19-7-5-6-17(23)13-19/h5-11,13H,3-4,12,14-15H2,1-2H3,(H,24,27)(H,25,28). The monoisotopic (exact) mass is 415 g/mol. The van der Waals surface area contributed by atoms with E-state index in [4.69, 9.17) is 4.74 Å². The van der Waals surface area contributed by atoms with Gasteiger partial charge in [-0.3, -0.25) is 14.5 Å². The van der Waals surface area contributed by atoms with Gasteiger partial charge < -0.3 is 15.4 Å². The van der Waals surface area contributed by atoms with Crippen molar-refractivity contribution >= 4 is 29.2 Å². The van der Waals surface area contributed by atoms with E-state index in [9.17, 15) is 18.8 Å². The summed E-state index contributed by atoms with van der Waals surface area (Å²) in [6.07, 6.45) is 1.76. The summed E-state index contributed by atoms with van der Waals surface area (Å²) in [5.41, 5.74) is 1.30. The van der Waals surface area contributed by atoms with Crippen LogP contribution in [0.4, 0.5) is 15.8 Å². The summed E-state index contributed by atoms with van der Waals surface area (Å²) in [5, 5.41) is 5.28. The molecule has 0 atom stereocenters. The van der Waals surface area contributed by atoms with E-state index >= 15 is 0 Å². The molecule has 160 valence electrons. The van der Waals surface area contributed by atoms with Gasteiger partial charge in [0.2, 0.25) is 11.8 Å². The van der Waals surface area contributed by atoms with Crippen molar-refractivity contribution in [3.05, 3.63) is 59.9 Å². The fraction of sp³-hybridized carbons (Fsp3) is 0.318. The number of hydrogen-bond acceptors (Lipinski definition) is 5. The number of carbonyl (C=O) groups excluding carboxylic acids is 3. The lowest BCUT2D eigenvalue weighted by Gasteiger charge is -2.16. The number of rotatable bonds is 10. The highest BCUT2D eigenvalue weighted by atomic mass is 19.1. The molecule has 2 amide bonds. The van der Waals surface area contributed by atoms with Crippen molar-refractivity contribution in [3.8, 4) is 0 Å². The zero-order valence-electron chi connectivity index (χ0n) is 17.1. The molecule has 30 heavy (non-hydrogen) atoms. The average Bonchev–Trinajstić information content (AvgIpc) is 2.68. The lowest BCUT2D eigenvalue weighted by atomic mass is 10.2. The second kappa shape index (κ2) is 11.7. The van der Waals surface area contributed by atoms with Gasteiger partial charge in [-0.25, -0.2) is 9.18 Å². The Hall–Kier alpha value is -3.26. The molecule has 0 heterocycles. The number of amides is 2. The first-order chi connectivity index (χ1) is 14.4. The molecule has 2 aromatic carbocycles. The van der Waals surface area contributed by atoms with Crippen molar-refractivity contribution in [3.63, 3.8) is 0 Å². The smallest absolute Gasteiger partial charge is 0.338 e. The molecule has 0 fully saturated rings. The van der Waals surface area contributed by atoms with E-state index in [-0.39, 0.29) is 24.9 Å². The minimum absolute atomic E-state index is 0.0165. The lowest BCUT2D eigenvalue weighted by molar-refractivity contribution is -0.119. The summed E-state index contributed by atoms with van der Waals surface area (Å²) in [5.74, 6) is -1.51. The van der Waals surface area contributed by atoms with Crippen LogP contribution in [-0.4, -0.2) is 49.4 Å². The van der Waals surface area contributed by atoms with Crippen LogP contribution in [0, 0.1) is 5.82 Å². The Morgan fingerprint density at radius 1 is 0.967 bits per heavy atom. The van der Waals surface area contributed by atoms with Gasteiger partial charge in [0.1, 0.15) is 5.82 Å². The quantitative estimate of drug-likeness (QED) is 0.459.